The van der Waals surface area contributed by atoms with E-state index >= 15 is 0 Å². The van der Waals surface area contributed by atoms with Crippen LogP contribution >= 0.6 is 0 Å². The fourth-order valence-electron chi connectivity index (χ4n) is 3.63. The van der Waals surface area contributed by atoms with Gasteiger partial charge in [0.25, 0.3) is 5.56 Å². The van der Waals surface area contributed by atoms with Gasteiger partial charge in [-0.2, -0.15) is 0 Å². The van der Waals surface area contributed by atoms with Crippen LogP contribution in [0, 0.1) is 0 Å². The maximum atomic E-state index is 13.3. The van der Waals surface area contributed by atoms with E-state index in [-0.39, 0.29) is 0 Å². The molecule has 2 heterocycles. The molecule has 0 spiro atoms. The van der Waals surface area contributed by atoms with Crippen molar-refractivity contribution >= 4 is 22.7 Å². The van der Waals surface area contributed by atoms with Gasteiger partial charge in [-0.05, 0) is 49.2 Å². The standard InChI is InChI=1S/C22H21N5O4/c1-25-14-23-13-17(25)5-4-12-26-19-7-3-2-6-18(19)20(28)27(22(26)31)16-10-8-15(9-11-16)24-21(29)30/h2-3,6-11,13-14,24H,4-5,12H2,1H3,(H,29,30). The van der Waals surface area contributed by atoms with Gasteiger partial charge in [0.2, 0.25) is 0 Å². The highest BCUT2D eigenvalue weighted by Gasteiger charge is 2.14. The molecule has 4 aromatic rings. The van der Waals surface area contributed by atoms with Crippen LogP contribution in [0.5, 0.6) is 0 Å². The SMILES string of the molecule is Cn1cncc1CCCn1c(=O)n(-c2ccc(NC(=O)O)cc2)c(=O)c2ccccc21. The van der Waals surface area contributed by atoms with Crippen molar-refractivity contribution in [1.82, 2.24) is 18.7 Å². The zero-order chi connectivity index (χ0) is 22.0. The normalized spacial score (nSPS) is 11.0. The topological polar surface area (TPSA) is 111 Å². The predicted octanol–water partition coefficient (Wildman–Crippen LogP) is 2.61. The summed E-state index contributed by atoms with van der Waals surface area (Å²) in [5, 5.41) is 11.5. The quantitative estimate of drug-likeness (QED) is 0.499. The molecule has 0 atom stereocenters. The molecule has 158 valence electrons. The Morgan fingerprint density at radius 3 is 2.52 bits per heavy atom. The Hall–Kier alpha value is -4.14. The number of rotatable bonds is 6. The summed E-state index contributed by atoms with van der Waals surface area (Å²) in [5.41, 5.74) is 1.52. The molecule has 9 heteroatoms. The van der Waals surface area contributed by atoms with Crippen molar-refractivity contribution in [2.45, 2.75) is 19.4 Å². The first kappa shape index (κ1) is 20.1. The zero-order valence-electron chi connectivity index (χ0n) is 16.9. The lowest BCUT2D eigenvalue weighted by Crippen LogP contribution is -2.39. The maximum Gasteiger partial charge on any atom is 0.409 e. The molecule has 9 nitrogen and oxygen atoms in total. The molecular weight excluding hydrogens is 398 g/mol. The molecule has 0 radical (unpaired) electrons. The number of aromatic nitrogens is 4. The Kier molecular flexibility index (Phi) is 5.40. The minimum atomic E-state index is -1.19. The van der Waals surface area contributed by atoms with Crippen LogP contribution in [0.3, 0.4) is 0 Å². The number of anilines is 1. The van der Waals surface area contributed by atoms with E-state index < -0.39 is 17.3 Å². The summed E-state index contributed by atoms with van der Waals surface area (Å²) >= 11 is 0. The van der Waals surface area contributed by atoms with Crippen LogP contribution in [0.4, 0.5) is 10.5 Å². The van der Waals surface area contributed by atoms with Gasteiger partial charge in [-0.1, -0.05) is 12.1 Å². The minimum Gasteiger partial charge on any atom is -0.465 e. The van der Waals surface area contributed by atoms with Gasteiger partial charge in [0.05, 0.1) is 22.9 Å². The van der Waals surface area contributed by atoms with Gasteiger partial charge in [-0.25, -0.2) is 19.1 Å². The number of carbonyl (C=O) groups is 1. The number of aryl methyl sites for hydroxylation is 3. The van der Waals surface area contributed by atoms with Crippen molar-refractivity contribution < 1.29 is 9.90 Å². The van der Waals surface area contributed by atoms with E-state index in [2.05, 4.69) is 10.3 Å². The summed E-state index contributed by atoms with van der Waals surface area (Å²) in [6.07, 6.45) is 3.79. The lowest BCUT2D eigenvalue weighted by Gasteiger charge is -2.14. The van der Waals surface area contributed by atoms with Crippen LogP contribution in [0.25, 0.3) is 16.6 Å². The van der Waals surface area contributed by atoms with E-state index in [0.717, 1.165) is 16.7 Å². The fourth-order valence-corrected chi connectivity index (χ4v) is 3.63. The van der Waals surface area contributed by atoms with Crippen LogP contribution in [0.2, 0.25) is 0 Å². The number of hydrogen-bond donors (Lipinski definition) is 2. The highest BCUT2D eigenvalue weighted by atomic mass is 16.4. The largest absolute Gasteiger partial charge is 0.465 e. The van der Waals surface area contributed by atoms with E-state index in [1.165, 1.54) is 12.1 Å². The predicted molar refractivity (Wildman–Crippen MR) is 117 cm³/mol. The van der Waals surface area contributed by atoms with Crippen LogP contribution < -0.4 is 16.6 Å². The van der Waals surface area contributed by atoms with Crippen LogP contribution in [0.1, 0.15) is 12.1 Å². The van der Waals surface area contributed by atoms with Gasteiger partial charge in [0.15, 0.2) is 0 Å². The van der Waals surface area contributed by atoms with Crippen LogP contribution in [-0.2, 0) is 20.0 Å². The highest BCUT2D eigenvalue weighted by Crippen LogP contribution is 2.14. The molecule has 0 bridgehead atoms. The number of benzene rings is 2. The van der Waals surface area contributed by atoms with Crippen molar-refractivity contribution in [2.24, 2.45) is 7.05 Å². The van der Waals surface area contributed by atoms with E-state index in [4.69, 9.17) is 5.11 Å². The average molecular weight is 419 g/mol. The molecule has 0 fully saturated rings. The Labute approximate surface area is 176 Å². The lowest BCUT2D eigenvalue weighted by atomic mass is 10.2. The number of nitrogens with zero attached hydrogens (tertiary/aromatic N) is 4. The first-order valence-corrected chi connectivity index (χ1v) is 9.76. The van der Waals surface area contributed by atoms with E-state index in [1.807, 2.05) is 11.6 Å². The third kappa shape index (κ3) is 3.97. The van der Waals surface area contributed by atoms with Crippen molar-refractivity contribution in [1.29, 1.82) is 0 Å². The molecule has 4 rings (SSSR count). The third-order valence-corrected chi connectivity index (χ3v) is 5.16. The molecule has 0 saturated heterocycles. The molecule has 0 saturated carbocycles. The second kappa shape index (κ2) is 8.31. The van der Waals surface area contributed by atoms with Gasteiger partial charge < -0.3 is 9.67 Å². The van der Waals surface area contributed by atoms with Gasteiger partial charge in [-0.3, -0.25) is 14.7 Å². The number of hydrogen-bond acceptors (Lipinski definition) is 4. The molecule has 2 aromatic heterocycles. The number of nitrogens with one attached hydrogen (secondary N) is 1. The maximum absolute atomic E-state index is 13.3. The summed E-state index contributed by atoms with van der Waals surface area (Å²) in [7, 11) is 1.92. The van der Waals surface area contributed by atoms with Gasteiger partial charge in [-0.15, -0.1) is 0 Å². The van der Waals surface area contributed by atoms with Gasteiger partial charge in [0.1, 0.15) is 0 Å². The Bertz CT molecular complexity index is 1370. The lowest BCUT2D eigenvalue weighted by molar-refractivity contribution is 0.209. The minimum absolute atomic E-state index is 0.349. The second-order valence-corrected chi connectivity index (χ2v) is 7.17. The second-order valence-electron chi connectivity index (χ2n) is 7.17. The molecule has 0 aliphatic heterocycles. The van der Waals surface area contributed by atoms with Gasteiger partial charge >= 0.3 is 11.8 Å². The number of imidazole rings is 1. The van der Waals surface area contributed by atoms with E-state index in [9.17, 15) is 14.4 Å². The molecule has 1 amide bonds. The number of carboxylic acid groups (broad SMARTS) is 1. The summed E-state index contributed by atoms with van der Waals surface area (Å²) in [6, 6.07) is 13.1. The first-order chi connectivity index (χ1) is 15.0. The summed E-state index contributed by atoms with van der Waals surface area (Å²) in [5.74, 6) is 0. The monoisotopic (exact) mass is 419 g/mol. The summed E-state index contributed by atoms with van der Waals surface area (Å²) < 4.78 is 4.67. The van der Waals surface area contributed by atoms with E-state index in [0.29, 0.717) is 35.2 Å². The Morgan fingerprint density at radius 1 is 1.10 bits per heavy atom. The summed E-state index contributed by atoms with van der Waals surface area (Å²) in [4.78, 5) is 41.3. The average Bonchev–Trinajstić information content (AvgIpc) is 3.16. The molecule has 2 N–H and O–H groups in total. The first-order valence-electron chi connectivity index (χ1n) is 9.76. The molecule has 2 aromatic carbocycles. The number of para-hydroxylation sites is 1. The Balaban J connectivity index is 1.75. The van der Waals surface area contributed by atoms with E-state index in [1.54, 1.807) is 53.5 Å². The number of amides is 1. The van der Waals surface area contributed by atoms with Gasteiger partial charge in [0, 0.05) is 31.2 Å². The molecule has 0 aliphatic rings. The fraction of sp³-hybridized carbons (Fsp3) is 0.182. The molecular formula is C22H21N5O4. The number of fused-ring (bicyclic) bond motifs is 1. The molecule has 0 aliphatic carbocycles. The van der Waals surface area contributed by atoms with Crippen molar-refractivity contribution in [3.8, 4) is 5.69 Å². The van der Waals surface area contributed by atoms with Crippen molar-refractivity contribution in [3.05, 3.63) is 87.6 Å². The third-order valence-electron chi connectivity index (χ3n) is 5.16. The Morgan fingerprint density at radius 2 is 1.84 bits per heavy atom. The highest BCUT2D eigenvalue weighted by molar-refractivity contribution is 5.83. The van der Waals surface area contributed by atoms with Crippen molar-refractivity contribution in [2.75, 3.05) is 5.32 Å². The van der Waals surface area contributed by atoms with Crippen molar-refractivity contribution in [3.63, 3.8) is 0 Å². The smallest absolute Gasteiger partial charge is 0.409 e. The van der Waals surface area contributed by atoms with Crippen LogP contribution in [-0.4, -0.2) is 29.9 Å². The van der Waals surface area contributed by atoms with Crippen LogP contribution in [0.15, 0.2) is 70.6 Å². The molecule has 0 unspecified atom stereocenters. The zero-order valence-corrected chi connectivity index (χ0v) is 16.9. The summed E-state index contributed by atoms with van der Waals surface area (Å²) in [6.45, 7) is 0.434. The molecule has 31 heavy (non-hydrogen) atoms.